The molecule has 6 rings (SSSR count). The van der Waals surface area contributed by atoms with E-state index in [0.29, 0.717) is 17.6 Å². The van der Waals surface area contributed by atoms with Gasteiger partial charge in [0, 0.05) is 79.0 Å². The number of nitrogens with one attached hydrogen (secondary N) is 1. The fourth-order valence-corrected chi connectivity index (χ4v) is 6.13. The number of nitrogens with zero attached hydrogens (tertiary/aromatic N) is 5. The summed E-state index contributed by atoms with van der Waals surface area (Å²) >= 11 is 0. The minimum Gasteiger partial charge on any atom is -0.370 e. The van der Waals surface area contributed by atoms with Gasteiger partial charge in [-0.25, -0.2) is 0 Å². The Balaban J connectivity index is 1.22. The van der Waals surface area contributed by atoms with E-state index in [9.17, 15) is 5.26 Å². The van der Waals surface area contributed by atoms with Gasteiger partial charge in [0.1, 0.15) is 6.07 Å². The second kappa shape index (κ2) is 9.70. The van der Waals surface area contributed by atoms with E-state index in [1.54, 1.807) is 6.20 Å². The number of fused-ring (bicyclic) bond motifs is 2. The third-order valence-corrected chi connectivity index (χ3v) is 7.55. The number of aromatic nitrogens is 2. The van der Waals surface area contributed by atoms with Gasteiger partial charge in [-0.3, -0.25) is 4.98 Å². The Morgan fingerprint density at radius 1 is 0.973 bits per heavy atom. The standard InChI is InChI=1S/C30H34N6O/c1-20-13-35(14-21(2)33-20)26-8-6-24-16-34(17-25(24)11-26)18-27-19-36(15-22(3)37-27)29-9-7-23(12-31)30-28(29)5-4-10-32-30/h4-11,16-17,20-22,27,33H,13-15,18-19H2,1-3H3/t20?,21?,22-,27+/m1/s1. The van der Waals surface area contributed by atoms with Gasteiger partial charge in [0.2, 0.25) is 0 Å². The summed E-state index contributed by atoms with van der Waals surface area (Å²) in [5.74, 6) is 0. The molecule has 1 N–H and O–H groups in total. The average Bonchev–Trinajstić information content (AvgIpc) is 3.28. The maximum atomic E-state index is 9.53. The van der Waals surface area contributed by atoms with Gasteiger partial charge in [0.15, 0.2) is 0 Å². The van der Waals surface area contributed by atoms with Gasteiger partial charge in [-0.15, -0.1) is 0 Å². The molecule has 2 aromatic heterocycles. The van der Waals surface area contributed by atoms with Gasteiger partial charge in [-0.05, 0) is 62.6 Å². The van der Waals surface area contributed by atoms with Crippen LogP contribution >= 0.6 is 0 Å². The van der Waals surface area contributed by atoms with E-state index in [0.717, 1.165) is 49.3 Å². The summed E-state index contributed by atoms with van der Waals surface area (Å²) in [6.45, 7) is 11.1. The zero-order valence-corrected chi connectivity index (χ0v) is 21.8. The zero-order valence-electron chi connectivity index (χ0n) is 21.8. The van der Waals surface area contributed by atoms with E-state index in [1.165, 1.54) is 16.5 Å². The maximum absolute atomic E-state index is 9.53. The molecule has 4 aromatic rings. The number of morpholine rings is 1. The van der Waals surface area contributed by atoms with Crippen molar-refractivity contribution in [3.05, 3.63) is 66.6 Å². The zero-order chi connectivity index (χ0) is 25.5. The smallest absolute Gasteiger partial charge is 0.101 e. The number of ether oxygens (including phenoxy) is 1. The van der Waals surface area contributed by atoms with Crippen molar-refractivity contribution in [2.75, 3.05) is 36.0 Å². The van der Waals surface area contributed by atoms with E-state index in [-0.39, 0.29) is 12.2 Å². The van der Waals surface area contributed by atoms with Crippen LogP contribution < -0.4 is 15.1 Å². The Labute approximate surface area is 218 Å². The third-order valence-electron chi connectivity index (χ3n) is 7.55. The number of rotatable bonds is 4. The SMILES string of the molecule is CC1CN(c2ccc3cn(C[C@H]4CN(c5ccc(C#N)c6ncccc56)C[C@@H](C)O4)cc3c2)CC(C)N1. The molecule has 2 saturated heterocycles. The molecule has 4 heterocycles. The van der Waals surface area contributed by atoms with Gasteiger partial charge in [0.25, 0.3) is 0 Å². The summed E-state index contributed by atoms with van der Waals surface area (Å²) in [5, 5.41) is 16.7. The van der Waals surface area contributed by atoms with Crippen LogP contribution in [0.1, 0.15) is 26.3 Å². The van der Waals surface area contributed by atoms with Crippen LogP contribution in [0.25, 0.3) is 21.7 Å². The first kappa shape index (κ1) is 23.8. The third kappa shape index (κ3) is 4.75. The number of hydrogen-bond acceptors (Lipinski definition) is 6. The van der Waals surface area contributed by atoms with Gasteiger partial charge in [-0.2, -0.15) is 5.26 Å². The second-order valence-corrected chi connectivity index (χ2v) is 10.8. The monoisotopic (exact) mass is 494 g/mol. The number of anilines is 2. The highest BCUT2D eigenvalue weighted by Gasteiger charge is 2.27. The first-order chi connectivity index (χ1) is 18.0. The van der Waals surface area contributed by atoms with Crippen molar-refractivity contribution in [1.29, 1.82) is 5.26 Å². The fourth-order valence-electron chi connectivity index (χ4n) is 6.13. The molecular formula is C30H34N6O. The van der Waals surface area contributed by atoms with E-state index in [2.05, 4.69) is 94.2 Å². The summed E-state index contributed by atoms with van der Waals surface area (Å²) in [6, 6.07) is 18.0. The van der Waals surface area contributed by atoms with Crippen molar-refractivity contribution in [3.63, 3.8) is 0 Å². The van der Waals surface area contributed by atoms with Gasteiger partial charge in [-0.1, -0.05) is 6.07 Å². The molecule has 0 amide bonds. The molecule has 4 atom stereocenters. The summed E-state index contributed by atoms with van der Waals surface area (Å²) in [5.41, 5.74) is 3.78. The van der Waals surface area contributed by atoms with Crippen molar-refractivity contribution >= 4 is 33.1 Å². The lowest BCUT2D eigenvalue weighted by molar-refractivity contribution is -0.0238. The van der Waals surface area contributed by atoms with Gasteiger partial charge >= 0.3 is 0 Å². The molecule has 2 aliphatic heterocycles. The van der Waals surface area contributed by atoms with Gasteiger partial charge in [0.05, 0.1) is 29.8 Å². The summed E-state index contributed by atoms with van der Waals surface area (Å²) < 4.78 is 8.67. The molecule has 7 heteroatoms. The number of piperazine rings is 1. The van der Waals surface area contributed by atoms with E-state index in [1.807, 2.05) is 12.1 Å². The molecule has 0 bridgehead atoms. The molecule has 37 heavy (non-hydrogen) atoms. The van der Waals surface area contributed by atoms with Crippen LogP contribution in [0.15, 0.2) is 61.1 Å². The van der Waals surface area contributed by atoms with Crippen molar-refractivity contribution in [2.24, 2.45) is 0 Å². The van der Waals surface area contributed by atoms with Crippen molar-refractivity contribution in [1.82, 2.24) is 14.9 Å². The van der Waals surface area contributed by atoms with Crippen molar-refractivity contribution in [2.45, 2.75) is 51.6 Å². The Bertz CT molecular complexity index is 1460. The lowest BCUT2D eigenvalue weighted by Crippen LogP contribution is -2.54. The van der Waals surface area contributed by atoms with E-state index in [4.69, 9.17) is 4.74 Å². The van der Waals surface area contributed by atoms with Crippen LogP contribution in [0.2, 0.25) is 0 Å². The number of nitriles is 1. The molecule has 2 aliphatic rings. The first-order valence-electron chi connectivity index (χ1n) is 13.3. The molecule has 2 aromatic carbocycles. The quantitative estimate of drug-likeness (QED) is 0.449. The molecule has 7 nitrogen and oxygen atoms in total. The van der Waals surface area contributed by atoms with Crippen LogP contribution in [0.5, 0.6) is 0 Å². The second-order valence-electron chi connectivity index (χ2n) is 10.8. The van der Waals surface area contributed by atoms with Gasteiger partial charge < -0.3 is 24.4 Å². The molecule has 190 valence electrons. The lowest BCUT2D eigenvalue weighted by atomic mass is 10.1. The predicted molar refractivity (Wildman–Crippen MR) is 149 cm³/mol. The molecule has 2 unspecified atom stereocenters. The van der Waals surface area contributed by atoms with Crippen molar-refractivity contribution in [3.8, 4) is 6.07 Å². The Kier molecular flexibility index (Phi) is 6.23. The van der Waals surface area contributed by atoms with Crippen LogP contribution in [-0.2, 0) is 11.3 Å². The Morgan fingerprint density at radius 3 is 2.59 bits per heavy atom. The highest BCUT2D eigenvalue weighted by atomic mass is 16.5. The number of hydrogen-bond donors (Lipinski definition) is 1. The molecule has 2 fully saturated rings. The van der Waals surface area contributed by atoms with Crippen LogP contribution in [0, 0.1) is 11.3 Å². The molecular weight excluding hydrogens is 460 g/mol. The minimum atomic E-state index is 0.0577. The molecule has 0 saturated carbocycles. The Morgan fingerprint density at radius 2 is 1.78 bits per heavy atom. The molecule has 0 spiro atoms. The highest BCUT2D eigenvalue weighted by Crippen LogP contribution is 2.31. The fraction of sp³-hybridized carbons (Fsp3) is 0.400. The van der Waals surface area contributed by atoms with Crippen molar-refractivity contribution < 1.29 is 4.74 Å². The average molecular weight is 495 g/mol. The molecule has 0 radical (unpaired) electrons. The Hall–Kier alpha value is -3.60. The highest BCUT2D eigenvalue weighted by molar-refractivity contribution is 5.95. The molecule has 0 aliphatic carbocycles. The number of benzene rings is 2. The maximum Gasteiger partial charge on any atom is 0.101 e. The summed E-state index contributed by atoms with van der Waals surface area (Å²) in [4.78, 5) is 9.37. The summed E-state index contributed by atoms with van der Waals surface area (Å²) in [6.07, 6.45) is 6.40. The summed E-state index contributed by atoms with van der Waals surface area (Å²) in [7, 11) is 0. The van der Waals surface area contributed by atoms with Crippen LogP contribution in [0.3, 0.4) is 0 Å². The van der Waals surface area contributed by atoms with Crippen LogP contribution in [-0.4, -0.2) is 60.0 Å². The topological polar surface area (TPSA) is 69.4 Å². The largest absolute Gasteiger partial charge is 0.370 e. The first-order valence-corrected chi connectivity index (χ1v) is 13.3. The van der Waals surface area contributed by atoms with E-state index < -0.39 is 0 Å². The normalized spacial score (nSPS) is 24.5. The van der Waals surface area contributed by atoms with E-state index >= 15 is 0 Å². The predicted octanol–water partition coefficient (Wildman–Crippen LogP) is 4.54. The lowest BCUT2D eigenvalue weighted by Gasteiger charge is -2.39. The van der Waals surface area contributed by atoms with Crippen LogP contribution in [0.4, 0.5) is 11.4 Å². The number of pyridine rings is 1. The minimum absolute atomic E-state index is 0.0577.